The number of ether oxygens (including phenoxy) is 1. The lowest BCUT2D eigenvalue weighted by atomic mass is 10.2. The number of fused-ring (bicyclic) bond motifs is 1. The van der Waals surface area contributed by atoms with Crippen LogP contribution in [0.15, 0.2) is 18.2 Å². The minimum Gasteiger partial charge on any atom is -0.487 e. The van der Waals surface area contributed by atoms with E-state index in [0.717, 1.165) is 36.3 Å². The summed E-state index contributed by atoms with van der Waals surface area (Å²) in [6.45, 7) is 1.94. The van der Waals surface area contributed by atoms with Crippen molar-refractivity contribution in [3.05, 3.63) is 18.2 Å². The van der Waals surface area contributed by atoms with Crippen LogP contribution in [-0.2, 0) is 0 Å². The van der Waals surface area contributed by atoms with Gasteiger partial charge in [-0.15, -0.1) is 0 Å². The number of H-pyrrole nitrogens is 1. The zero-order chi connectivity index (χ0) is 10.1. The third kappa shape index (κ3) is 1.55. The number of nitrogens with one attached hydrogen (secondary N) is 2. The van der Waals surface area contributed by atoms with Crippen LogP contribution in [0.3, 0.4) is 0 Å². The second kappa shape index (κ2) is 3.51. The summed E-state index contributed by atoms with van der Waals surface area (Å²) < 4.78 is 5.86. The van der Waals surface area contributed by atoms with Gasteiger partial charge in [0.05, 0.1) is 0 Å². The van der Waals surface area contributed by atoms with E-state index in [1.54, 1.807) is 0 Å². The Morgan fingerprint density at radius 2 is 2.33 bits per heavy atom. The smallest absolute Gasteiger partial charge is 0.154 e. The predicted molar refractivity (Wildman–Crippen MR) is 55.8 cm³/mol. The summed E-state index contributed by atoms with van der Waals surface area (Å²) in [4.78, 5) is 0. The summed E-state index contributed by atoms with van der Waals surface area (Å²) in [5.41, 5.74) is 1.66. The highest BCUT2D eigenvalue weighted by atomic mass is 16.5. The van der Waals surface area contributed by atoms with E-state index >= 15 is 0 Å². The highest BCUT2D eigenvalue weighted by Gasteiger charge is 2.17. The molecule has 15 heavy (non-hydrogen) atoms. The summed E-state index contributed by atoms with van der Waals surface area (Å²) in [6, 6.07) is 5.78. The molecule has 5 heteroatoms. The van der Waals surface area contributed by atoms with E-state index in [2.05, 4.69) is 20.7 Å². The number of hydrogen-bond acceptors (Lipinski definition) is 4. The van der Waals surface area contributed by atoms with Crippen LogP contribution in [-0.4, -0.2) is 34.6 Å². The van der Waals surface area contributed by atoms with Crippen LogP contribution in [0.25, 0.3) is 11.0 Å². The molecule has 0 radical (unpaired) electrons. The Hall–Kier alpha value is -1.62. The molecule has 1 fully saturated rings. The molecule has 5 nitrogen and oxygen atoms in total. The Morgan fingerprint density at radius 3 is 3.20 bits per heavy atom. The highest BCUT2D eigenvalue weighted by Crippen LogP contribution is 2.23. The fourth-order valence-electron chi connectivity index (χ4n) is 1.85. The number of benzene rings is 1. The standard InChI is InChI=1S/C10H12N4O/c1-2-8-10(13-14-12-8)9(3-1)15-7-4-5-11-6-7/h1-3,7,11H,4-6H2,(H,12,13,14). The van der Waals surface area contributed by atoms with Crippen LogP contribution in [0.2, 0.25) is 0 Å². The lowest BCUT2D eigenvalue weighted by Crippen LogP contribution is -2.19. The van der Waals surface area contributed by atoms with Crippen LogP contribution in [0.5, 0.6) is 5.75 Å². The van der Waals surface area contributed by atoms with Crippen molar-refractivity contribution in [2.45, 2.75) is 12.5 Å². The molecule has 1 aromatic heterocycles. The summed E-state index contributed by atoms with van der Waals surface area (Å²) in [6.07, 6.45) is 1.31. The third-order valence-electron chi connectivity index (χ3n) is 2.62. The average molecular weight is 204 g/mol. The first-order chi connectivity index (χ1) is 7.43. The molecular weight excluding hydrogens is 192 g/mol. The number of nitrogens with zero attached hydrogens (tertiary/aromatic N) is 2. The Kier molecular flexibility index (Phi) is 2.03. The molecule has 1 aliphatic heterocycles. The quantitative estimate of drug-likeness (QED) is 0.755. The van der Waals surface area contributed by atoms with E-state index in [4.69, 9.17) is 4.74 Å². The summed E-state index contributed by atoms with van der Waals surface area (Å²) in [5, 5.41) is 14.0. The van der Waals surface area contributed by atoms with E-state index < -0.39 is 0 Å². The first kappa shape index (κ1) is 8.67. The minimum absolute atomic E-state index is 0.257. The molecule has 2 heterocycles. The van der Waals surface area contributed by atoms with Gasteiger partial charge in [-0.25, -0.2) is 0 Å². The van der Waals surface area contributed by atoms with Gasteiger partial charge >= 0.3 is 0 Å². The lowest BCUT2D eigenvalue weighted by molar-refractivity contribution is 0.225. The van der Waals surface area contributed by atoms with Gasteiger partial charge in [-0.2, -0.15) is 15.4 Å². The molecule has 3 rings (SSSR count). The van der Waals surface area contributed by atoms with E-state index in [0.29, 0.717) is 0 Å². The molecular formula is C10H12N4O. The number of aromatic nitrogens is 3. The molecule has 2 aromatic rings. The molecule has 0 bridgehead atoms. The van der Waals surface area contributed by atoms with Crippen molar-refractivity contribution in [1.82, 2.24) is 20.7 Å². The van der Waals surface area contributed by atoms with Gasteiger partial charge in [0.15, 0.2) is 5.52 Å². The Labute approximate surface area is 86.8 Å². The SMILES string of the molecule is c1cc(OC2CCNC2)c2n[nH]nc2c1. The third-order valence-corrected chi connectivity index (χ3v) is 2.62. The van der Waals surface area contributed by atoms with Crippen molar-refractivity contribution < 1.29 is 4.74 Å². The fourth-order valence-corrected chi connectivity index (χ4v) is 1.85. The van der Waals surface area contributed by atoms with Gasteiger partial charge in [0.2, 0.25) is 0 Å². The summed E-state index contributed by atoms with van der Waals surface area (Å²) >= 11 is 0. The second-order valence-electron chi connectivity index (χ2n) is 3.68. The van der Waals surface area contributed by atoms with Crippen LogP contribution in [0.1, 0.15) is 6.42 Å². The van der Waals surface area contributed by atoms with Crippen LogP contribution in [0.4, 0.5) is 0 Å². The van der Waals surface area contributed by atoms with Gasteiger partial charge in [-0.1, -0.05) is 6.07 Å². The van der Waals surface area contributed by atoms with Crippen molar-refractivity contribution in [1.29, 1.82) is 0 Å². The van der Waals surface area contributed by atoms with Crippen molar-refractivity contribution >= 4 is 11.0 Å². The molecule has 0 aliphatic carbocycles. The molecule has 1 unspecified atom stereocenters. The number of hydrogen-bond donors (Lipinski definition) is 2. The van der Waals surface area contributed by atoms with Crippen LogP contribution in [0, 0.1) is 0 Å². The molecule has 78 valence electrons. The first-order valence-electron chi connectivity index (χ1n) is 5.10. The molecule has 0 amide bonds. The summed E-state index contributed by atoms with van der Waals surface area (Å²) in [5.74, 6) is 0.815. The summed E-state index contributed by atoms with van der Waals surface area (Å²) in [7, 11) is 0. The maximum atomic E-state index is 5.86. The van der Waals surface area contributed by atoms with Crippen LogP contribution >= 0.6 is 0 Å². The molecule has 1 saturated heterocycles. The maximum Gasteiger partial charge on any atom is 0.154 e. The average Bonchev–Trinajstić information content (AvgIpc) is 2.87. The minimum atomic E-state index is 0.257. The highest BCUT2D eigenvalue weighted by molar-refractivity contribution is 5.80. The Morgan fingerprint density at radius 1 is 1.33 bits per heavy atom. The topological polar surface area (TPSA) is 62.8 Å². The van der Waals surface area contributed by atoms with Gasteiger partial charge in [0.1, 0.15) is 17.4 Å². The zero-order valence-electron chi connectivity index (χ0n) is 8.23. The van der Waals surface area contributed by atoms with Gasteiger partial charge in [-0.3, -0.25) is 0 Å². The van der Waals surface area contributed by atoms with Gasteiger partial charge in [0.25, 0.3) is 0 Å². The van der Waals surface area contributed by atoms with E-state index in [9.17, 15) is 0 Å². The molecule has 0 saturated carbocycles. The molecule has 1 aliphatic rings. The first-order valence-corrected chi connectivity index (χ1v) is 5.10. The second-order valence-corrected chi connectivity index (χ2v) is 3.68. The van der Waals surface area contributed by atoms with Gasteiger partial charge in [-0.05, 0) is 25.1 Å². The molecule has 0 spiro atoms. The number of rotatable bonds is 2. The fraction of sp³-hybridized carbons (Fsp3) is 0.400. The number of para-hydroxylation sites is 1. The monoisotopic (exact) mass is 204 g/mol. The van der Waals surface area contributed by atoms with E-state index in [-0.39, 0.29) is 6.10 Å². The molecule has 1 atom stereocenters. The van der Waals surface area contributed by atoms with Gasteiger partial charge < -0.3 is 10.1 Å². The number of aromatic amines is 1. The van der Waals surface area contributed by atoms with Crippen molar-refractivity contribution in [2.24, 2.45) is 0 Å². The van der Waals surface area contributed by atoms with Crippen molar-refractivity contribution in [3.8, 4) is 5.75 Å². The van der Waals surface area contributed by atoms with Crippen molar-refractivity contribution in [2.75, 3.05) is 13.1 Å². The van der Waals surface area contributed by atoms with Crippen molar-refractivity contribution in [3.63, 3.8) is 0 Å². The maximum absolute atomic E-state index is 5.86. The predicted octanol–water partition coefficient (Wildman–Crippen LogP) is 0.699. The zero-order valence-corrected chi connectivity index (χ0v) is 8.23. The normalized spacial score (nSPS) is 20.9. The Bertz CT molecular complexity index is 461. The molecule has 2 N–H and O–H groups in total. The molecule has 1 aromatic carbocycles. The van der Waals surface area contributed by atoms with Gasteiger partial charge in [0, 0.05) is 6.54 Å². The van der Waals surface area contributed by atoms with E-state index in [1.807, 2.05) is 18.2 Å². The lowest BCUT2D eigenvalue weighted by Gasteiger charge is -2.11. The van der Waals surface area contributed by atoms with E-state index in [1.165, 1.54) is 0 Å². The largest absolute Gasteiger partial charge is 0.487 e. The van der Waals surface area contributed by atoms with Crippen LogP contribution < -0.4 is 10.1 Å². The Balaban J connectivity index is 1.92.